The molecule has 0 unspecified atom stereocenters. The van der Waals surface area contributed by atoms with E-state index in [1.807, 2.05) is 0 Å². The molecule has 0 aromatic heterocycles. The van der Waals surface area contributed by atoms with Gasteiger partial charge in [-0.2, -0.15) is 0 Å². The number of amides is 1. The van der Waals surface area contributed by atoms with Gasteiger partial charge in [0.25, 0.3) is 0 Å². The molecule has 0 atom stereocenters. The van der Waals surface area contributed by atoms with Gasteiger partial charge in [0.1, 0.15) is 0 Å². The summed E-state index contributed by atoms with van der Waals surface area (Å²) < 4.78 is 0. The molecular weight excluding hydrogens is 303 g/mol. The van der Waals surface area contributed by atoms with Crippen LogP contribution in [0.3, 0.4) is 0 Å². The third-order valence-electron chi connectivity index (χ3n) is 2.62. The van der Waals surface area contributed by atoms with Crippen LogP contribution in [0.25, 0.3) is 0 Å². The van der Waals surface area contributed by atoms with Crippen molar-refractivity contribution in [2.24, 2.45) is 0 Å². The van der Waals surface area contributed by atoms with Crippen LogP contribution in [-0.2, 0) is 4.79 Å². The van der Waals surface area contributed by atoms with E-state index in [1.54, 1.807) is 23.1 Å². The van der Waals surface area contributed by atoms with Gasteiger partial charge in [-0.1, -0.05) is 23.2 Å². The van der Waals surface area contributed by atoms with Gasteiger partial charge in [-0.25, -0.2) is 0 Å². The largest absolute Gasteiger partial charge is 0.396 e. The SMILES string of the molecule is O=C(CN(CCO)CCCO)Nc1cc(Cl)ccc1Cl. The van der Waals surface area contributed by atoms with Crippen molar-refractivity contribution in [2.45, 2.75) is 6.42 Å². The Labute approximate surface area is 128 Å². The lowest BCUT2D eigenvalue weighted by atomic mass is 10.3. The normalized spacial score (nSPS) is 10.8. The smallest absolute Gasteiger partial charge is 0.238 e. The van der Waals surface area contributed by atoms with Crippen LogP contribution in [0, 0.1) is 0 Å². The van der Waals surface area contributed by atoms with Crippen LogP contribution < -0.4 is 5.32 Å². The third-order valence-corrected chi connectivity index (χ3v) is 3.18. The maximum Gasteiger partial charge on any atom is 0.238 e. The topological polar surface area (TPSA) is 72.8 Å². The predicted octanol–water partition coefficient (Wildman–Crippen LogP) is 1.61. The maximum atomic E-state index is 11.9. The Morgan fingerprint density at radius 2 is 1.95 bits per heavy atom. The number of nitrogens with zero attached hydrogens (tertiary/aromatic N) is 1. The van der Waals surface area contributed by atoms with E-state index in [0.717, 1.165) is 0 Å². The summed E-state index contributed by atoms with van der Waals surface area (Å²) in [4.78, 5) is 13.7. The quantitative estimate of drug-likeness (QED) is 0.680. The molecule has 1 aromatic carbocycles. The monoisotopic (exact) mass is 320 g/mol. The summed E-state index contributed by atoms with van der Waals surface area (Å²) in [6.45, 7) is 1.02. The summed E-state index contributed by atoms with van der Waals surface area (Å²) >= 11 is 11.8. The Balaban J connectivity index is 2.58. The molecule has 0 bridgehead atoms. The standard InChI is InChI=1S/C13H18Cl2N2O3/c14-10-2-3-11(15)12(8-10)16-13(20)9-17(5-7-19)4-1-6-18/h2-3,8,18-19H,1,4-7,9H2,(H,16,20). The average molecular weight is 321 g/mol. The molecule has 7 heteroatoms. The first-order chi connectivity index (χ1) is 9.56. The van der Waals surface area contributed by atoms with E-state index < -0.39 is 0 Å². The Hall–Kier alpha value is -0.850. The number of hydrogen-bond donors (Lipinski definition) is 3. The molecule has 1 amide bonds. The fourth-order valence-corrected chi connectivity index (χ4v) is 2.03. The van der Waals surface area contributed by atoms with Gasteiger partial charge < -0.3 is 15.5 Å². The highest BCUT2D eigenvalue weighted by atomic mass is 35.5. The van der Waals surface area contributed by atoms with Gasteiger partial charge in [0.05, 0.1) is 23.9 Å². The second kappa shape index (κ2) is 9.15. The number of halogens is 2. The molecule has 20 heavy (non-hydrogen) atoms. The van der Waals surface area contributed by atoms with Gasteiger partial charge in [-0.3, -0.25) is 9.69 Å². The van der Waals surface area contributed by atoms with Gasteiger partial charge >= 0.3 is 0 Å². The summed E-state index contributed by atoms with van der Waals surface area (Å²) in [5, 5.41) is 21.3. The number of anilines is 1. The van der Waals surface area contributed by atoms with Gasteiger partial charge in [-0.05, 0) is 24.6 Å². The van der Waals surface area contributed by atoms with Gasteiger partial charge in [-0.15, -0.1) is 0 Å². The van der Waals surface area contributed by atoms with Crippen molar-refractivity contribution in [1.82, 2.24) is 4.90 Å². The van der Waals surface area contributed by atoms with Crippen LogP contribution in [0.2, 0.25) is 10.0 Å². The first-order valence-corrected chi connectivity index (χ1v) is 7.01. The Morgan fingerprint density at radius 3 is 2.60 bits per heavy atom. The molecule has 1 aromatic rings. The second-order valence-electron chi connectivity index (χ2n) is 4.25. The minimum Gasteiger partial charge on any atom is -0.396 e. The lowest BCUT2D eigenvalue weighted by Gasteiger charge is -2.20. The molecule has 0 radical (unpaired) electrons. The van der Waals surface area contributed by atoms with Crippen LogP contribution in [0.4, 0.5) is 5.69 Å². The fraction of sp³-hybridized carbons (Fsp3) is 0.462. The molecule has 5 nitrogen and oxygen atoms in total. The number of aliphatic hydroxyl groups is 2. The molecule has 0 aliphatic carbocycles. The van der Waals surface area contributed by atoms with Crippen molar-refractivity contribution in [2.75, 3.05) is 38.2 Å². The van der Waals surface area contributed by atoms with Crippen molar-refractivity contribution >= 4 is 34.8 Å². The van der Waals surface area contributed by atoms with Crippen molar-refractivity contribution in [1.29, 1.82) is 0 Å². The van der Waals surface area contributed by atoms with Crippen LogP contribution in [-0.4, -0.2) is 53.9 Å². The summed E-state index contributed by atoms with van der Waals surface area (Å²) in [6.07, 6.45) is 0.547. The van der Waals surface area contributed by atoms with Crippen LogP contribution in [0.1, 0.15) is 6.42 Å². The molecule has 0 saturated carbocycles. The van der Waals surface area contributed by atoms with Gasteiger partial charge in [0.2, 0.25) is 5.91 Å². The lowest BCUT2D eigenvalue weighted by Crippen LogP contribution is -2.36. The second-order valence-corrected chi connectivity index (χ2v) is 5.09. The van der Waals surface area contributed by atoms with Crippen LogP contribution in [0.5, 0.6) is 0 Å². The molecule has 0 spiro atoms. The Bertz CT molecular complexity index is 444. The molecule has 3 N–H and O–H groups in total. The summed E-state index contributed by atoms with van der Waals surface area (Å²) in [5.74, 6) is -0.249. The maximum absolute atomic E-state index is 11.9. The summed E-state index contributed by atoms with van der Waals surface area (Å²) in [7, 11) is 0. The van der Waals surface area contributed by atoms with Crippen molar-refractivity contribution in [3.8, 4) is 0 Å². The number of rotatable bonds is 8. The zero-order chi connectivity index (χ0) is 15.0. The summed E-state index contributed by atoms with van der Waals surface area (Å²) in [6, 6.07) is 4.82. The van der Waals surface area contributed by atoms with Crippen LogP contribution >= 0.6 is 23.2 Å². The van der Waals surface area contributed by atoms with Crippen molar-refractivity contribution in [3.05, 3.63) is 28.2 Å². The van der Waals surface area contributed by atoms with E-state index >= 15 is 0 Å². The average Bonchev–Trinajstić information content (AvgIpc) is 2.40. The number of benzene rings is 1. The van der Waals surface area contributed by atoms with E-state index in [0.29, 0.717) is 35.2 Å². The minimum atomic E-state index is -0.249. The number of carbonyl (C=O) groups excluding carboxylic acids is 1. The molecule has 0 aliphatic rings. The summed E-state index contributed by atoms with van der Waals surface area (Å²) in [5.41, 5.74) is 0.454. The highest BCUT2D eigenvalue weighted by molar-refractivity contribution is 6.35. The highest BCUT2D eigenvalue weighted by Gasteiger charge is 2.12. The number of nitrogens with one attached hydrogen (secondary N) is 1. The van der Waals surface area contributed by atoms with Crippen LogP contribution in [0.15, 0.2) is 18.2 Å². The molecule has 0 fully saturated rings. The van der Waals surface area contributed by atoms with E-state index in [1.165, 1.54) is 0 Å². The number of hydrogen-bond acceptors (Lipinski definition) is 4. The zero-order valence-corrected chi connectivity index (χ0v) is 12.5. The number of carbonyl (C=O) groups is 1. The van der Waals surface area contributed by atoms with E-state index in [-0.39, 0.29) is 25.7 Å². The zero-order valence-electron chi connectivity index (χ0n) is 11.0. The van der Waals surface area contributed by atoms with Crippen molar-refractivity contribution < 1.29 is 15.0 Å². The lowest BCUT2D eigenvalue weighted by molar-refractivity contribution is -0.117. The van der Waals surface area contributed by atoms with Gasteiger partial charge in [0.15, 0.2) is 0 Å². The number of aliphatic hydroxyl groups excluding tert-OH is 2. The molecule has 0 aliphatic heterocycles. The van der Waals surface area contributed by atoms with E-state index in [4.69, 9.17) is 33.4 Å². The molecule has 112 valence electrons. The minimum absolute atomic E-state index is 0.0450. The molecule has 1 rings (SSSR count). The predicted molar refractivity (Wildman–Crippen MR) is 80.3 cm³/mol. The third kappa shape index (κ3) is 6.07. The molecule has 0 heterocycles. The molecule has 0 saturated heterocycles. The van der Waals surface area contributed by atoms with E-state index in [2.05, 4.69) is 5.32 Å². The molecular formula is C13H18Cl2N2O3. The Morgan fingerprint density at radius 1 is 1.20 bits per heavy atom. The highest BCUT2D eigenvalue weighted by Crippen LogP contribution is 2.25. The van der Waals surface area contributed by atoms with Gasteiger partial charge in [0, 0.05) is 24.7 Å². The Kier molecular flexibility index (Phi) is 7.87. The fourth-order valence-electron chi connectivity index (χ4n) is 1.69. The first kappa shape index (κ1) is 17.2. The van der Waals surface area contributed by atoms with E-state index in [9.17, 15) is 4.79 Å². The first-order valence-electron chi connectivity index (χ1n) is 6.25. The van der Waals surface area contributed by atoms with Crippen molar-refractivity contribution in [3.63, 3.8) is 0 Å².